The monoisotopic (exact) mass is 395 g/mol. The average Bonchev–Trinajstić information content (AvgIpc) is 2.69. The normalized spacial score (nSPS) is 11.9. The van der Waals surface area contributed by atoms with Crippen LogP contribution in [0, 0.1) is 19.8 Å². The second kappa shape index (κ2) is 10.8. The molecule has 1 atom stereocenters. The van der Waals surface area contributed by atoms with Gasteiger partial charge in [-0.15, -0.1) is 0 Å². The first-order chi connectivity index (χ1) is 13.8. The molecule has 2 rings (SSSR count). The SMILES string of the molecule is CCc1ccc([C@H](NCC(=O)NCC(=O)Nc2c(C)cccc2C)C(C)C)cc1. The predicted molar refractivity (Wildman–Crippen MR) is 119 cm³/mol. The summed E-state index contributed by atoms with van der Waals surface area (Å²) < 4.78 is 0. The Kier molecular flexibility index (Phi) is 8.40. The Balaban J connectivity index is 1.85. The highest BCUT2D eigenvalue weighted by Gasteiger charge is 2.17. The fraction of sp³-hybridized carbons (Fsp3) is 0.417. The molecule has 0 spiro atoms. The van der Waals surface area contributed by atoms with Crippen LogP contribution >= 0.6 is 0 Å². The molecular formula is C24H33N3O2. The van der Waals surface area contributed by atoms with Gasteiger partial charge in [0, 0.05) is 11.7 Å². The van der Waals surface area contributed by atoms with Gasteiger partial charge in [0.2, 0.25) is 11.8 Å². The minimum Gasteiger partial charge on any atom is -0.346 e. The van der Waals surface area contributed by atoms with E-state index in [4.69, 9.17) is 0 Å². The van der Waals surface area contributed by atoms with Crippen LogP contribution in [-0.2, 0) is 16.0 Å². The fourth-order valence-corrected chi connectivity index (χ4v) is 3.34. The van der Waals surface area contributed by atoms with Crippen LogP contribution in [0.2, 0.25) is 0 Å². The predicted octanol–water partition coefficient (Wildman–Crippen LogP) is 3.91. The molecule has 0 aliphatic heterocycles. The van der Waals surface area contributed by atoms with Gasteiger partial charge >= 0.3 is 0 Å². The van der Waals surface area contributed by atoms with Gasteiger partial charge in [0.05, 0.1) is 13.1 Å². The lowest BCUT2D eigenvalue weighted by Crippen LogP contribution is -2.40. The Morgan fingerprint density at radius 2 is 1.52 bits per heavy atom. The van der Waals surface area contributed by atoms with Crippen LogP contribution in [0.15, 0.2) is 42.5 Å². The van der Waals surface area contributed by atoms with E-state index in [9.17, 15) is 9.59 Å². The van der Waals surface area contributed by atoms with Gasteiger partial charge in [-0.2, -0.15) is 0 Å². The van der Waals surface area contributed by atoms with Crippen molar-refractivity contribution in [3.8, 4) is 0 Å². The summed E-state index contributed by atoms with van der Waals surface area (Å²) >= 11 is 0. The highest BCUT2D eigenvalue weighted by molar-refractivity contribution is 5.95. The average molecular weight is 396 g/mol. The number of para-hydroxylation sites is 1. The molecule has 0 heterocycles. The molecule has 0 bridgehead atoms. The van der Waals surface area contributed by atoms with E-state index in [-0.39, 0.29) is 30.9 Å². The molecular weight excluding hydrogens is 362 g/mol. The van der Waals surface area contributed by atoms with E-state index < -0.39 is 0 Å². The largest absolute Gasteiger partial charge is 0.346 e. The first-order valence-electron chi connectivity index (χ1n) is 10.3. The zero-order valence-corrected chi connectivity index (χ0v) is 18.1. The first kappa shape index (κ1) is 22.6. The van der Waals surface area contributed by atoms with Crippen molar-refractivity contribution in [2.75, 3.05) is 18.4 Å². The zero-order chi connectivity index (χ0) is 21.4. The molecule has 29 heavy (non-hydrogen) atoms. The van der Waals surface area contributed by atoms with Gasteiger partial charge in [-0.3, -0.25) is 9.59 Å². The smallest absolute Gasteiger partial charge is 0.243 e. The molecule has 2 aromatic carbocycles. The Labute approximate surface area is 174 Å². The third kappa shape index (κ3) is 6.71. The minimum absolute atomic E-state index is 0.0498. The van der Waals surface area contributed by atoms with Crippen LogP contribution in [0.25, 0.3) is 0 Å². The van der Waals surface area contributed by atoms with Crippen molar-refractivity contribution in [3.63, 3.8) is 0 Å². The summed E-state index contributed by atoms with van der Waals surface area (Å²) in [7, 11) is 0. The minimum atomic E-state index is -0.230. The summed E-state index contributed by atoms with van der Waals surface area (Å²) in [4.78, 5) is 24.4. The summed E-state index contributed by atoms with van der Waals surface area (Å²) in [6.45, 7) is 10.4. The molecule has 0 radical (unpaired) electrons. The van der Waals surface area contributed by atoms with Gasteiger partial charge in [0.1, 0.15) is 0 Å². The van der Waals surface area contributed by atoms with Crippen molar-refractivity contribution >= 4 is 17.5 Å². The molecule has 2 aromatic rings. The lowest BCUT2D eigenvalue weighted by molar-refractivity contribution is -0.123. The van der Waals surface area contributed by atoms with Crippen LogP contribution in [0.3, 0.4) is 0 Å². The van der Waals surface area contributed by atoms with E-state index in [1.807, 2.05) is 32.0 Å². The second-order valence-electron chi connectivity index (χ2n) is 7.79. The highest BCUT2D eigenvalue weighted by Crippen LogP contribution is 2.22. The number of aryl methyl sites for hydroxylation is 3. The maximum Gasteiger partial charge on any atom is 0.243 e. The molecule has 156 valence electrons. The number of benzene rings is 2. The summed E-state index contributed by atoms with van der Waals surface area (Å²) in [5.41, 5.74) is 5.27. The van der Waals surface area contributed by atoms with Crippen molar-refractivity contribution in [1.82, 2.24) is 10.6 Å². The zero-order valence-electron chi connectivity index (χ0n) is 18.1. The third-order valence-electron chi connectivity index (χ3n) is 5.09. The van der Waals surface area contributed by atoms with Crippen molar-refractivity contribution in [2.24, 2.45) is 5.92 Å². The van der Waals surface area contributed by atoms with E-state index in [0.717, 1.165) is 28.8 Å². The van der Waals surface area contributed by atoms with Gasteiger partial charge in [-0.05, 0) is 48.4 Å². The van der Waals surface area contributed by atoms with Crippen molar-refractivity contribution < 1.29 is 9.59 Å². The Hall–Kier alpha value is -2.66. The van der Waals surface area contributed by atoms with E-state index in [1.54, 1.807) is 0 Å². The van der Waals surface area contributed by atoms with E-state index in [0.29, 0.717) is 5.92 Å². The number of carbonyl (C=O) groups excluding carboxylic acids is 2. The molecule has 0 aliphatic rings. The summed E-state index contributed by atoms with van der Waals surface area (Å²) in [6, 6.07) is 14.4. The molecule has 0 saturated carbocycles. The summed E-state index contributed by atoms with van der Waals surface area (Å²) in [5, 5.41) is 8.89. The van der Waals surface area contributed by atoms with Crippen LogP contribution in [-0.4, -0.2) is 24.9 Å². The van der Waals surface area contributed by atoms with Crippen LogP contribution in [0.1, 0.15) is 49.1 Å². The Bertz CT molecular complexity index is 808. The first-order valence-corrected chi connectivity index (χ1v) is 10.3. The second-order valence-corrected chi connectivity index (χ2v) is 7.79. The highest BCUT2D eigenvalue weighted by atomic mass is 16.2. The molecule has 3 N–H and O–H groups in total. The van der Waals surface area contributed by atoms with Crippen molar-refractivity contribution in [3.05, 3.63) is 64.7 Å². The molecule has 5 heteroatoms. The Morgan fingerprint density at radius 3 is 2.07 bits per heavy atom. The lowest BCUT2D eigenvalue weighted by Gasteiger charge is -2.23. The van der Waals surface area contributed by atoms with Crippen molar-refractivity contribution in [1.29, 1.82) is 0 Å². The molecule has 5 nitrogen and oxygen atoms in total. The molecule has 0 saturated heterocycles. The molecule has 0 aromatic heterocycles. The lowest BCUT2D eigenvalue weighted by atomic mass is 9.95. The van der Waals surface area contributed by atoms with Gasteiger partial charge in [-0.25, -0.2) is 0 Å². The standard InChI is InChI=1S/C24H33N3O2/c1-6-19-10-12-20(13-11-19)23(16(2)3)26-14-21(28)25-15-22(29)27-24-17(4)8-7-9-18(24)5/h7-13,16,23,26H,6,14-15H2,1-5H3,(H,25,28)(H,27,29)/t23-/m1/s1. The fourth-order valence-electron chi connectivity index (χ4n) is 3.34. The number of amides is 2. The molecule has 0 fully saturated rings. The molecule has 0 unspecified atom stereocenters. The molecule has 0 aliphatic carbocycles. The summed E-state index contributed by atoms with van der Waals surface area (Å²) in [5.74, 6) is -0.0913. The third-order valence-corrected chi connectivity index (χ3v) is 5.09. The number of hydrogen-bond acceptors (Lipinski definition) is 3. The van der Waals surface area contributed by atoms with Gasteiger partial charge in [-0.1, -0.05) is 63.2 Å². The number of anilines is 1. The van der Waals surface area contributed by atoms with Gasteiger partial charge in [0.15, 0.2) is 0 Å². The molecule has 2 amide bonds. The maximum absolute atomic E-state index is 12.2. The maximum atomic E-state index is 12.2. The topological polar surface area (TPSA) is 70.2 Å². The van der Waals surface area contributed by atoms with E-state index >= 15 is 0 Å². The van der Waals surface area contributed by atoms with E-state index in [1.165, 1.54) is 5.56 Å². The van der Waals surface area contributed by atoms with Crippen LogP contribution in [0.5, 0.6) is 0 Å². The quantitative estimate of drug-likeness (QED) is 0.603. The number of rotatable bonds is 9. The van der Waals surface area contributed by atoms with Gasteiger partial charge in [0.25, 0.3) is 0 Å². The van der Waals surface area contributed by atoms with Crippen molar-refractivity contribution in [2.45, 2.75) is 47.1 Å². The van der Waals surface area contributed by atoms with E-state index in [2.05, 4.69) is 61.0 Å². The number of nitrogens with one attached hydrogen (secondary N) is 3. The Morgan fingerprint density at radius 1 is 0.897 bits per heavy atom. The number of carbonyl (C=O) groups is 2. The van der Waals surface area contributed by atoms with Crippen LogP contribution in [0.4, 0.5) is 5.69 Å². The number of hydrogen-bond donors (Lipinski definition) is 3. The summed E-state index contributed by atoms with van der Waals surface area (Å²) in [6.07, 6.45) is 1.01. The van der Waals surface area contributed by atoms with Gasteiger partial charge < -0.3 is 16.0 Å². The van der Waals surface area contributed by atoms with Crippen LogP contribution < -0.4 is 16.0 Å².